The zero-order valence-electron chi connectivity index (χ0n) is 12.5. The van der Waals surface area contributed by atoms with Crippen molar-refractivity contribution in [1.82, 2.24) is 25.0 Å². The van der Waals surface area contributed by atoms with Crippen molar-refractivity contribution in [2.45, 2.75) is 13.2 Å². The quantitative estimate of drug-likeness (QED) is 0.653. The molecule has 1 aromatic carbocycles. The predicted octanol–water partition coefficient (Wildman–Crippen LogP) is 1.35. The van der Waals surface area contributed by atoms with E-state index in [-0.39, 0.29) is 12.3 Å². The molecule has 3 rings (SSSR count). The van der Waals surface area contributed by atoms with Gasteiger partial charge in [0.25, 0.3) is 0 Å². The summed E-state index contributed by atoms with van der Waals surface area (Å²) in [7, 11) is 0. The van der Waals surface area contributed by atoms with Gasteiger partial charge in [0.15, 0.2) is 5.69 Å². The Morgan fingerprint density at radius 2 is 2.08 bits per heavy atom. The molecule has 0 unspecified atom stereocenters. The molecule has 0 radical (unpaired) electrons. The normalized spacial score (nSPS) is 10.1. The van der Waals surface area contributed by atoms with E-state index in [1.54, 1.807) is 23.0 Å². The van der Waals surface area contributed by atoms with Crippen LogP contribution >= 0.6 is 0 Å². The van der Waals surface area contributed by atoms with E-state index in [0.29, 0.717) is 17.8 Å². The van der Waals surface area contributed by atoms with Crippen molar-refractivity contribution in [3.63, 3.8) is 0 Å². The molecular weight excluding hydrogens is 308 g/mol. The second-order valence-corrected chi connectivity index (χ2v) is 4.88. The van der Waals surface area contributed by atoms with Gasteiger partial charge in [0.05, 0.1) is 30.6 Å². The van der Waals surface area contributed by atoms with E-state index in [1.165, 1.54) is 18.6 Å². The van der Waals surface area contributed by atoms with Crippen molar-refractivity contribution in [3.8, 4) is 6.07 Å². The fourth-order valence-corrected chi connectivity index (χ4v) is 1.97. The van der Waals surface area contributed by atoms with Crippen LogP contribution in [0.1, 0.15) is 27.3 Å². The van der Waals surface area contributed by atoms with Crippen molar-refractivity contribution in [2.75, 3.05) is 0 Å². The van der Waals surface area contributed by atoms with Gasteiger partial charge in [-0.15, -0.1) is 5.10 Å². The lowest BCUT2D eigenvalue weighted by molar-refractivity contribution is 0.0460. The molecule has 118 valence electrons. The summed E-state index contributed by atoms with van der Waals surface area (Å²) >= 11 is 0. The number of ether oxygens (including phenoxy) is 1. The first-order valence-electron chi connectivity index (χ1n) is 7.06. The highest BCUT2D eigenvalue weighted by atomic mass is 16.5. The number of esters is 1. The largest absolute Gasteiger partial charge is 0.454 e. The second-order valence-electron chi connectivity index (χ2n) is 4.88. The van der Waals surface area contributed by atoms with Gasteiger partial charge < -0.3 is 4.74 Å². The van der Waals surface area contributed by atoms with E-state index in [0.717, 1.165) is 5.56 Å². The highest BCUT2D eigenvalue weighted by Crippen LogP contribution is 2.06. The topological polar surface area (TPSA) is 107 Å². The van der Waals surface area contributed by atoms with Crippen LogP contribution in [0.25, 0.3) is 0 Å². The number of carbonyl (C=O) groups excluding carboxylic acids is 1. The smallest absolute Gasteiger partial charge is 0.358 e. The maximum atomic E-state index is 11.8. The maximum absolute atomic E-state index is 11.8. The molecule has 8 heteroatoms. The SMILES string of the molecule is N#Cc1ccc(Cn2cc(COC(=O)c3cnccn3)nn2)cc1. The lowest BCUT2D eigenvalue weighted by atomic mass is 10.1. The third-order valence-electron chi connectivity index (χ3n) is 3.14. The molecule has 0 saturated heterocycles. The van der Waals surface area contributed by atoms with Gasteiger partial charge in [-0.1, -0.05) is 17.3 Å². The summed E-state index contributed by atoms with van der Waals surface area (Å²) in [6.07, 6.45) is 5.93. The molecule has 24 heavy (non-hydrogen) atoms. The van der Waals surface area contributed by atoms with Gasteiger partial charge in [0.2, 0.25) is 0 Å². The van der Waals surface area contributed by atoms with Crippen molar-refractivity contribution >= 4 is 5.97 Å². The number of carbonyl (C=O) groups is 1. The third-order valence-corrected chi connectivity index (χ3v) is 3.14. The minimum atomic E-state index is -0.565. The summed E-state index contributed by atoms with van der Waals surface area (Å²) in [5.74, 6) is -0.565. The van der Waals surface area contributed by atoms with Gasteiger partial charge in [0.1, 0.15) is 12.3 Å². The Balaban J connectivity index is 1.57. The molecular formula is C16H12N6O2. The number of hydrogen-bond acceptors (Lipinski definition) is 7. The Kier molecular flexibility index (Phi) is 4.53. The van der Waals surface area contributed by atoms with Gasteiger partial charge in [-0.25, -0.2) is 14.5 Å². The molecule has 2 aromatic heterocycles. The molecule has 8 nitrogen and oxygen atoms in total. The molecule has 0 N–H and O–H groups in total. The second kappa shape index (κ2) is 7.11. The Bertz CT molecular complexity index is 868. The lowest BCUT2D eigenvalue weighted by Crippen LogP contribution is -2.07. The summed E-state index contributed by atoms with van der Waals surface area (Å²) in [6.45, 7) is 0.513. The first kappa shape index (κ1) is 15.3. The van der Waals surface area contributed by atoms with E-state index in [1.807, 2.05) is 12.1 Å². The van der Waals surface area contributed by atoms with Gasteiger partial charge in [-0.3, -0.25) is 4.98 Å². The van der Waals surface area contributed by atoms with E-state index in [4.69, 9.17) is 10.00 Å². The van der Waals surface area contributed by atoms with Crippen LogP contribution in [0.5, 0.6) is 0 Å². The summed E-state index contributed by atoms with van der Waals surface area (Å²) in [4.78, 5) is 19.4. The van der Waals surface area contributed by atoms with Crippen LogP contribution in [0, 0.1) is 11.3 Å². The molecule has 0 bridgehead atoms. The highest BCUT2D eigenvalue weighted by molar-refractivity contribution is 5.86. The molecule has 2 heterocycles. The summed E-state index contributed by atoms with van der Waals surface area (Å²) in [6, 6.07) is 9.27. The summed E-state index contributed by atoms with van der Waals surface area (Å²) in [5, 5.41) is 16.7. The van der Waals surface area contributed by atoms with Crippen LogP contribution in [0.15, 0.2) is 49.1 Å². The van der Waals surface area contributed by atoms with Gasteiger partial charge in [-0.05, 0) is 17.7 Å². The van der Waals surface area contributed by atoms with E-state index >= 15 is 0 Å². The molecule has 0 aliphatic heterocycles. The van der Waals surface area contributed by atoms with Crippen LogP contribution in [0.3, 0.4) is 0 Å². The van der Waals surface area contributed by atoms with Crippen molar-refractivity contribution < 1.29 is 9.53 Å². The summed E-state index contributed by atoms with van der Waals surface area (Å²) < 4.78 is 6.75. The number of hydrogen-bond donors (Lipinski definition) is 0. The Morgan fingerprint density at radius 3 is 2.79 bits per heavy atom. The Hall–Kier alpha value is -3.60. The van der Waals surface area contributed by atoms with Crippen LogP contribution in [-0.4, -0.2) is 30.9 Å². The number of benzene rings is 1. The average Bonchev–Trinajstić information content (AvgIpc) is 3.08. The number of nitrogens with zero attached hydrogens (tertiary/aromatic N) is 6. The number of aromatic nitrogens is 5. The molecule has 0 fully saturated rings. The van der Waals surface area contributed by atoms with Crippen molar-refractivity contribution in [1.29, 1.82) is 5.26 Å². The lowest BCUT2D eigenvalue weighted by Gasteiger charge is -2.01. The minimum Gasteiger partial charge on any atom is -0.454 e. The summed E-state index contributed by atoms with van der Waals surface area (Å²) in [5.41, 5.74) is 2.26. The van der Waals surface area contributed by atoms with Crippen molar-refractivity contribution in [3.05, 3.63) is 71.6 Å². The molecule has 3 aromatic rings. The first-order valence-corrected chi connectivity index (χ1v) is 7.06. The average molecular weight is 320 g/mol. The molecule has 0 amide bonds. The fraction of sp³-hybridized carbons (Fsp3) is 0.125. The Labute approximate surface area is 137 Å². The predicted molar refractivity (Wildman–Crippen MR) is 81.4 cm³/mol. The molecule has 0 atom stereocenters. The zero-order chi connectivity index (χ0) is 16.8. The van der Waals surface area contributed by atoms with Gasteiger partial charge >= 0.3 is 5.97 Å². The van der Waals surface area contributed by atoms with Crippen LogP contribution in [0.2, 0.25) is 0 Å². The zero-order valence-corrected chi connectivity index (χ0v) is 12.5. The number of nitriles is 1. The van der Waals surface area contributed by atoms with Crippen LogP contribution in [-0.2, 0) is 17.9 Å². The molecule has 0 spiro atoms. The van der Waals surface area contributed by atoms with Crippen LogP contribution in [0.4, 0.5) is 0 Å². The monoisotopic (exact) mass is 320 g/mol. The molecule has 0 saturated carbocycles. The van der Waals surface area contributed by atoms with E-state index in [2.05, 4.69) is 26.3 Å². The molecule has 0 aliphatic rings. The highest BCUT2D eigenvalue weighted by Gasteiger charge is 2.10. The van der Waals surface area contributed by atoms with Crippen molar-refractivity contribution in [2.24, 2.45) is 0 Å². The van der Waals surface area contributed by atoms with E-state index < -0.39 is 5.97 Å². The first-order chi connectivity index (χ1) is 11.7. The standard InChI is InChI=1S/C16H12N6O2/c17-7-12-1-3-13(4-2-12)9-22-10-14(20-21-22)11-24-16(23)15-8-18-5-6-19-15/h1-6,8,10H,9,11H2. The Morgan fingerprint density at radius 1 is 1.25 bits per heavy atom. The third kappa shape index (κ3) is 3.78. The van der Waals surface area contributed by atoms with E-state index in [9.17, 15) is 4.79 Å². The fourth-order valence-electron chi connectivity index (χ4n) is 1.97. The number of rotatable bonds is 5. The van der Waals surface area contributed by atoms with Gasteiger partial charge in [0, 0.05) is 12.4 Å². The molecule has 0 aliphatic carbocycles. The van der Waals surface area contributed by atoms with Crippen LogP contribution < -0.4 is 0 Å². The maximum Gasteiger partial charge on any atom is 0.358 e. The van der Waals surface area contributed by atoms with Gasteiger partial charge in [-0.2, -0.15) is 5.26 Å². The minimum absolute atomic E-state index is 0.00276.